The van der Waals surface area contributed by atoms with Crippen LogP contribution in [0.3, 0.4) is 0 Å². The minimum Gasteiger partial charge on any atom is -0.330 e. The summed E-state index contributed by atoms with van der Waals surface area (Å²) in [5, 5.41) is 0. The topological polar surface area (TPSA) is 52.0 Å². The van der Waals surface area contributed by atoms with Crippen molar-refractivity contribution in [3.05, 3.63) is 35.9 Å². The fourth-order valence-corrected chi connectivity index (χ4v) is 1.05. The first-order chi connectivity index (χ1) is 5.34. The van der Waals surface area contributed by atoms with E-state index >= 15 is 0 Å². The lowest BCUT2D eigenvalue weighted by Gasteiger charge is -2.09. The van der Waals surface area contributed by atoms with E-state index in [9.17, 15) is 0 Å². The second-order valence-corrected chi connectivity index (χ2v) is 2.59. The number of hydrogen-bond donors (Lipinski definition) is 2. The van der Waals surface area contributed by atoms with Crippen LogP contribution in [0.4, 0.5) is 0 Å². The standard InChI is InChI=1S/C9H14N2.BrH/c10-7-6-9(11)8-4-2-1-3-5-8;/h1-5,9H,6-7,10-11H2;1H. The van der Waals surface area contributed by atoms with Crippen LogP contribution in [0.15, 0.2) is 30.3 Å². The monoisotopic (exact) mass is 230 g/mol. The van der Waals surface area contributed by atoms with Crippen LogP contribution >= 0.6 is 17.0 Å². The molecule has 1 rings (SSSR count). The van der Waals surface area contributed by atoms with Crippen molar-refractivity contribution in [2.75, 3.05) is 6.54 Å². The number of benzene rings is 1. The van der Waals surface area contributed by atoms with Crippen LogP contribution in [0.5, 0.6) is 0 Å². The highest BCUT2D eigenvalue weighted by molar-refractivity contribution is 8.93. The third kappa shape index (κ3) is 3.34. The summed E-state index contributed by atoms with van der Waals surface area (Å²) >= 11 is 0. The largest absolute Gasteiger partial charge is 0.330 e. The van der Waals surface area contributed by atoms with Crippen LogP contribution in [0.25, 0.3) is 0 Å². The molecule has 1 aromatic rings. The fourth-order valence-electron chi connectivity index (χ4n) is 1.05. The fraction of sp³-hybridized carbons (Fsp3) is 0.333. The van der Waals surface area contributed by atoms with Crippen molar-refractivity contribution in [2.24, 2.45) is 11.5 Å². The number of halogens is 1. The molecule has 0 heterocycles. The molecule has 0 saturated heterocycles. The first-order valence-electron chi connectivity index (χ1n) is 3.85. The van der Waals surface area contributed by atoms with Crippen LogP contribution in [0, 0.1) is 0 Å². The lowest BCUT2D eigenvalue weighted by atomic mass is 10.1. The third-order valence-electron chi connectivity index (χ3n) is 1.71. The Balaban J connectivity index is 0.00000121. The molecule has 0 aliphatic heterocycles. The van der Waals surface area contributed by atoms with Gasteiger partial charge in [-0.2, -0.15) is 0 Å². The van der Waals surface area contributed by atoms with Gasteiger partial charge in [-0.15, -0.1) is 17.0 Å². The predicted octanol–water partition coefficient (Wildman–Crippen LogP) is 1.61. The van der Waals surface area contributed by atoms with Gasteiger partial charge in [0, 0.05) is 6.04 Å². The molecular weight excluding hydrogens is 216 g/mol. The van der Waals surface area contributed by atoms with Gasteiger partial charge in [-0.05, 0) is 18.5 Å². The van der Waals surface area contributed by atoms with Gasteiger partial charge < -0.3 is 11.5 Å². The van der Waals surface area contributed by atoms with Crippen molar-refractivity contribution in [2.45, 2.75) is 12.5 Å². The lowest BCUT2D eigenvalue weighted by molar-refractivity contribution is 0.661. The number of hydrogen-bond acceptors (Lipinski definition) is 2. The van der Waals surface area contributed by atoms with Gasteiger partial charge in [-0.1, -0.05) is 30.3 Å². The summed E-state index contributed by atoms with van der Waals surface area (Å²) in [6, 6.07) is 10.1. The van der Waals surface area contributed by atoms with Crippen molar-refractivity contribution in [1.82, 2.24) is 0 Å². The SMILES string of the molecule is Br.NCCC(N)c1ccccc1. The minimum absolute atomic E-state index is 0. The van der Waals surface area contributed by atoms with E-state index in [1.807, 2.05) is 30.3 Å². The summed E-state index contributed by atoms with van der Waals surface area (Å²) < 4.78 is 0. The summed E-state index contributed by atoms with van der Waals surface area (Å²) in [6.45, 7) is 0.649. The molecule has 12 heavy (non-hydrogen) atoms. The highest BCUT2D eigenvalue weighted by Crippen LogP contribution is 2.11. The van der Waals surface area contributed by atoms with Crippen LogP contribution in [0.1, 0.15) is 18.0 Å². The maximum absolute atomic E-state index is 5.83. The van der Waals surface area contributed by atoms with Gasteiger partial charge in [0.1, 0.15) is 0 Å². The van der Waals surface area contributed by atoms with E-state index in [1.165, 1.54) is 0 Å². The number of rotatable bonds is 3. The number of nitrogens with two attached hydrogens (primary N) is 2. The first kappa shape index (κ1) is 11.6. The molecule has 1 unspecified atom stereocenters. The average molecular weight is 231 g/mol. The zero-order chi connectivity index (χ0) is 8.10. The molecule has 0 radical (unpaired) electrons. The molecule has 0 saturated carbocycles. The normalized spacial score (nSPS) is 11.8. The zero-order valence-electron chi connectivity index (χ0n) is 6.94. The Morgan fingerprint density at radius 3 is 2.25 bits per heavy atom. The smallest absolute Gasteiger partial charge is 0.0306 e. The van der Waals surface area contributed by atoms with Crippen molar-refractivity contribution >= 4 is 17.0 Å². The van der Waals surface area contributed by atoms with Crippen LogP contribution in [-0.2, 0) is 0 Å². The molecule has 2 nitrogen and oxygen atoms in total. The molecular formula is C9H15BrN2. The van der Waals surface area contributed by atoms with Crippen molar-refractivity contribution in [3.63, 3.8) is 0 Å². The van der Waals surface area contributed by atoms with E-state index in [0.29, 0.717) is 6.54 Å². The van der Waals surface area contributed by atoms with Gasteiger partial charge in [0.15, 0.2) is 0 Å². The molecule has 0 aliphatic rings. The van der Waals surface area contributed by atoms with E-state index in [-0.39, 0.29) is 23.0 Å². The molecule has 0 amide bonds. The molecule has 0 spiro atoms. The minimum atomic E-state index is 0. The maximum atomic E-state index is 5.83. The van der Waals surface area contributed by atoms with Crippen molar-refractivity contribution in [3.8, 4) is 0 Å². The molecule has 3 heteroatoms. The summed E-state index contributed by atoms with van der Waals surface area (Å²) in [6.07, 6.45) is 0.851. The average Bonchev–Trinajstić information content (AvgIpc) is 2.07. The van der Waals surface area contributed by atoms with E-state index < -0.39 is 0 Å². The zero-order valence-corrected chi connectivity index (χ0v) is 8.65. The highest BCUT2D eigenvalue weighted by atomic mass is 79.9. The van der Waals surface area contributed by atoms with Gasteiger partial charge in [-0.25, -0.2) is 0 Å². The molecule has 4 N–H and O–H groups in total. The summed E-state index contributed by atoms with van der Waals surface area (Å²) in [5.74, 6) is 0. The molecule has 0 aromatic heterocycles. The van der Waals surface area contributed by atoms with Crippen LogP contribution in [0.2, 0.25) is 0 Å². The van der Waals surface area contributed by atoms with Crippen LogP contribution in [-0.4, -0.2) is 6.54 Å². The Hall–Kier alpha value is -0.380. The molecule has 1 atom stereocenters. The second-order valence-electron chi connectivity index (χ2n) is 2.59. The second kappa shape index (κ2) is 6.17. The van der Waals surface area contributed by atoms with Crippen molar-refractivity contribution in [1.29, 1.82) is 0 Å². The van der Waals surface area contributed by atoms with E-state index in [0.717, 1.165) is 12.0 Å². The maximum Gasteiger partial charge on any atom is 0.0306 e. The Morgan fingerprint density at radius 1 is 1.17 bits per heavy atom. The van der Waals surface area contributed by atoms with Gasteiger partial charge in [0.25, 0.3) is 0 Å². The van der Waals surface area contributed by atoms with Gasteiger partial charge in [0.05, 0.1) is 0 Å². The first-order valence-corrected chi connectivity index (χ1v) is 3.85. The molecule has 0 aliphatic carbocycles. The Labute approximate surface area is 83.7 Å². The molecule has 0 fully saturated rings. The third-order valence-corrected chi connectivity index (χ3v) is 1.71. The molecule has 68 valence electrons. The lowest BCUT2D eigenvalue weighted by Crippen LogP contribution is -2.14. The van der Waals surface area contributed by atoms with Crippen LogP contribution < -0.4 is 11.5 Å². The summed E-state index contributed by atoms with van der Waals surface area (Å²) in [7, 11) is 0. The highest BCUT2D eigenvalue weighted by Gasteiger charge is 2.01. The quantitative estimate of drug-likeness (QED) is 0.830. The van der Waals surface area contributed by atoms with Gasteiger partial charge >= 0.3 is 0 Å². The Kier molecular flexibility index (Phi) is 5.98. The Morgan fingerprint density at radius 2 is 1.75 bits per heavy atom. The Bertz CT molecular complexity index is 201. The van der Waals surface area contributed by atoms with Crippen molar-refractivity contribution < 1.29 is 0 Å². The molecule has 1 aromatic carbocycles. The predicted molar refractivity (Wildman–Crippen MR) is 57.4 cm³/mol. The molecule has 0 bridgehead atoms. The van der Waals surface area contributed by atoms with E-state index in [2.05, 4.69) is 0 Å². The van der Waals surface area contributed by atoms with Gasteiger partial charge in [0.2, 0.25) is 0 Å². The van der Waals surface area contributed by atoms with Gasteiger partial charge in [-0.3, -0.25) is 0 Å². The van der Waals surface area contributed by atoms with E-state index in [1.54, 1.807) is 0 Å². The summed E-state index contributed by atoms with van der Waals surface area (Å²) in [4.78, 5) is 0. The summed E-state index contributed by atoms with van der Waals surface area (Å²) in [5.41, 5.74) is 12.4. The van der Waals surface area contributed by atoms with E-state index in [4.69, 9.17) is 11.5 Å².